The van der Waals surface area contributed by atoms with Gasteiger partial charge in [0.05, 0.1) is 0 Å². The van der Waals surface area contributed by atoms with Crippen LogP contribution in [0.5, 0.6) is 0 Å². The smallest absolute Gasteiger partial charge is 0.0464 e. The van der Waals surface area contributed by atoms with Crippen molar-refractivity contribution in [3.05, 3.63) is 0 Å². The molecule has 0 amide bonds. The highest BCUT2D eigenvalue weighted by Gasteiger charge is 2.14. The van der Waals surface area contributed by atoms with Crippen molar-refractivity contribution >= 4 is 15.9 Å². The maximum atomic E-state index is 5.07. The average molecular weight is 237 g/mol. The number of methoxy groups -OCH3 is 1. The van der Waals surface area contributed by atoms with Gasteiger partial charge in [-0.1, -0.05) is 36.2 Å². The molecule has 0 saturated heterocycles. The van der Waals surface area contributed by atoms with Crippen LogP contribution >= 0.6 is 15.9 Å². The molecule has 0 N–H and O–H groups in total. The summed E-state index contributed by atoms with van der Waals surface area (Å²) in [6.45, 7) is 5.47. The van der Waals surface area contributed by atoms with Crippen LogP contribution in [-0.2, 0) is 4.74 Å². The zero-order chi connectivity index (χ0) is 9.40. The van der Waals surface area contributed by atoms with Crippen LogP contribution in [0.3, 0.4) is 0 Å². The summed E-state index contributed by atoms with van der Waals surface area (Å²) in [4.78, 5) is 0. The van der Waals surface area contributed by atoms with Gasteiger partial charge in [0.25, 0.3) is 0 Å². The lowest BCUT2D eigenvalue weighted by molar-refractivity contribution is 0.166. The van der Waals surface area contributed by atoms with E-state index in [1.807, 2.05) is 0 Å². The summed E-state index contributed by atoms with van der Waals surface area (Å²) in [5.41, 5.74) is 0. The lowest BCUT2D eigenvalue weighted by atomic mass is 9.89. The first-order valence-corrected chi connectivity index (χ1v) is 5.93. The van der Waals surface area contributed by atoms with E-state index >= 15 is 0 Å². The number of halogens is 1. The first-order valence-electron chi connectivity index (χ1n) is 4.81. The van der Waals surface area contributed by atoms with Gasteiger partial charge in [0.1, 0.15) is 0 Å². The Morgan fingerprint density at radius 2 is 2.00 bits per heavy atom. The van der Waals surface area contributed by atoms with Gasteiger partial charge in [-0.2, -0.15) is 0 Å². The number of alkyl halides is 1. The predicted octanol–water partition coefficient (Wildman–Crippen LogP) is 3.47. The Hall–Kier alpha value is 0.440. The third-order valence-corrected chi connectivity index (χ3v) is 3.27. The van der Waals surface area contributed by atoms with Gasteiger partial charge in [-0.15, -0.1) is 0 Å². The minimum absolute atomic E-state index is 0.782. The van der Waals surface area contributed by atoms with Crippen molar-refractivity contribution in [2.24, 2.45) is 11.8 Å². The second-order valence-electron chi connectivity index (χ2n) is 3.46. The Balaban J connectivity index is 3.60. The second kappa shape index (κ2) is 8.06. The van der Waals surface area contributed by atoms with Crippen LogP contribution in [0.25, 0.3) is 0 Å². The topological polar surface area (TPSA) is 9.23 Å². The summed E-state index contributed by atoms with van der Waals surface area (Å²) in [6.07, 6.45) is 3.80. The molecular formula is C10H21BrO. The molecule has 0 spiro atoms. The molecule has 2 atom stereocenters. The maximum Gasteiger partial charge on any atom is 0.0464 e. The molecular weight excluding hydrogens is 216 g/mol. The van der Waals surface area contributed by atoms with Crippen molar-refractivity contribution in [2.75, 3.05) is 19.0 Å². The lowest BCUT2D eigenvalue weighted by Crippen LogP contribution is -2.14. The zero-order valence-corrected chi connectivity index (χ0v) is 10.1. The van der Waals surface area contributed by atoms with Gasteiger partial charge in [-0.05, 0) is 24.7 Å². The van der Waals surface area contributed by atoms with Gasteiger partial charge in [0.2, 0.25) is 0 Å². The van der Waals surface area contributed by atoms with Gasteiger partial charge in [0.15, 0.2) is 0 Å². The molecule has 2 heteroatoms. The van der Waals surface area contributed by atoms with Gasteiger partial charge < -0.3 is 4.74 Å². The molecule has 0 radical (unpaired) electrons. The van der Waals surface area contributed by atoms with Gasteiger partial charge >= 0.3 is 0 Å². The fourth-order valence-corrected chi connectivity index (χ4v) is 2.39. The van der Waals surface area contributed by atoms with Crippen LogP contribution < -0.4 is 0 Å². The maximum absolute atomic E-state index is 5.07. The average Bonchev–Trinajstić information content (AvgIpc) is 2.10. The number of rotatable bonds is 7. The Kier molecular flexibility index (Phi) is 8.35. The molecule has 12 heavy (non-hydrogen) atoms. The molecule has 1 nitrogen and oxygen atoms in total. The molecule has 0 aliphatic heterocycles. The van der Waals surface area contributed by atoms with E-state index in [1.54, 1.807) is 7.11 Å². The normalized spacial score (nSPS) is 16.0. The fourth-order valence-electron chi connectivity index (χ4n) is 1.42. The fraction of sp³-hybridized carbons (Fsp3) is 1.00. The molecule has 0 heterocycles. The van der Waals surface area contributed by atoms with Crippen molar-refractivity contribution < 1.29 is 4.74 Å². The SMILES string of the molecule is CCCC(CBr)C(C)CCOC. The minimum Gasteiger partial charge on any atom is -0.385 e. The van der Waals surface area contributed by atoms with E-state index < -0.39 is 0 Å². The molecule has 0 aromatic heterocycles. The highest BCUT2D eigenvalue weighted by atomic mass is 79.9. The van der Waals surface area contributed by atoms with Crippen molar-refractivity contribution in [1.29, 1.82) is 0 Å². The summed E-state index contributed by atoms with van der Waals surface area (Å²) in [5, 5.41) is 1.13. The summed E-state index contributed by atoms with van der Waals surface area (Å²) in [5.74, 6) is 1.61. The highest BCUT2D eigenvalue weighted by molar-refractivity contribution is 9.09. The van der Waals surface area contributed by atoms with Crippen LogP contribution in [0, 0.1) is 11.8 Å². The quantitative estimate of drug-likeness (QED) is 0.616. The standard InChI is InChI=1S/C10H21BrO/c1-4-5-10(8-11)9(2)6-7-12-3/h9-10H,4-8H2,1-3H3. The van der Waals surface area contributed by atoms with Crippen molar-refractivity contribution in [2.45, 2.75) is 33.1 Å². The van der Waals surface area contributed by atoms with Crippen LogP contribution in [0.15, 0.2) is 0 Å². The molecule has 0 aliphatic rings. The summed E-state index contributed by atoms with van der Waals surface area (Å²) in [7, 11) is 1.77. The van der Waals surface area contributed by atoms with Gasteiger partial charge in [0, 0.05) is 19.0 Å². The van der Waals surface area contributed by atoms with E-state index in [-0.39, 0.29) is 0 Å². The first-order chi connectivity index (χ1) is 5.76. The summed E-state index contributed by atoms with van der Waals surface area (Å²) >= 11 is 3.57. The van der Waals surface area contributed by atoms with Crippen LogP contribution in [0.4, 0.5) is 0 Å². The molecule has 0 fully saturated rings. The van der Waals surface area contributed by atoms with E-state index in [4.69, 9.17) is 4.74 Å². The molecule has 0 aromatic rings. The van der Waals surface area contributed by atoms with Crippen LogP contribution in [0.2, 0.25) is 0 Å². The van der Waals surface area contributed by atoms with Gasteiger partial charge in [-0.25, -0.2) is 0 Å². The molecule has 0 rings (SSSR count). The second-order valence-corrected chi connectivity index (χ2v) is 4.11. The van der Waals surface area contributed by atoms with Crippen molar-refractivity contribution in [3.63, 3.8) is 0 Å². The predicted molar refractivity (Wildman–Crippen MR) is 57.8 cm³/mol. The van der Waals surface area contributed by atoms with E-state index in [9.17, 15) is 0 Å². The lowest BCUT2D eigenvalue weighted by Gasteiger charge is -2.20. The van der Waals surface area contributed by atoms with Crippen molar-refractivity contribution in [3.8, 4) is 0 Å². The zero-order valence-electron chi connectivity index (χ0n) is 8.48. The minimum atomic E-state index is 0.782. The van der Waals surface area contributed by atoms with E-state index in [0.717, 1.165) is 23.8 Å². The number of ether oxygens (including phenoxy) is 1. The number of hydrogen-bond donors (Lipinski definition) is 0. The molecule has 0 aromatic carbocycles. The Morgan fingerprint density at radius 1 is 1.33 bits per heavy atom. The molecule has 0 aliphatic carbocycles. The van der Waals surface area contributed by atoms with Crippen molar-refractivity contribution in [1.82, 2.24) is 0 Å². The highest BCUT2D eigenvalue weighted by Crippen LogP contribution is 2.22. The molecule has 0 saturated carbocycles. The Morgan fingerprint density at radius 3 is 2.42 bits per heavy atom. The Bertz CT molecular complexity index is 95.8. The van der Waals surface area contributed by atoms with Crippen LogP contribution in [0.1, 0.15) is 33.1 Å². The number of hydrogen-bond acceptors (Lipinski definition) is 1. The van der Waals surface area contributed by atoms with E-state index in [2.05, 4.69) is 29.8 Å². The summed E-state index contributed by atoms with van der Waals surface area (Å²) < 4.78 is 5.07. The van der Waals surface area contributed by atoms with Crippen LogP contribution in [-0.4, -0.2) is 19.0 Å². The largest absolute Gasteiger partial charge is 0.385 e. The molecule has 2 unspecified atom stereocenters. The third-order valence-electron chi connectivity index (χ3n) is 2.44. The van der Waals surface area contributed by atoms with E-state index in [0.29, 0.717) is 0 Å². The Labute approximate surface area is 85.0 Å². The first kappa shape index (κ1) is 12.4. The molecule has 0 bridgehead atoms. The van der Waals surface area contributed by atoms with E-state index in [1.165, 1.54) is 19.3 Å². The summed E-state index contributed by atoms with van der Waals surface area (Å²) in [6, 6.07) is 0. The van der Waals surface area contributed by atoms with Gasteiger partial charge in [-0.3, -0.25) is 0 Å². The third kappa shape index (κ3) is 5.15. The monoisotopic (exact) mass is 236 g/mol. The molecule has 74 valence electrons.